The van der Waals surface area contributed by atoms with Crippen molar-refractivity contribution in [2.45, 2.75) is 95.8 Å². The summed E-state index contributed by atoms with van der Waals surface area (Å²) in [7, 11) is -21.2. The molecule has 31 heteroatoms. The molecule has 72 heavy (non-hydrogen) atoms. The number of aliphatic hydroxyl groups is 2. The number of aromatic nitrogens is 5. The lowest BCUT2D eigenvalue weighted by atomic mass is 10.1. The lowest BCUT2D eigenvalue weighted by molar-refractivity contribution is -0.696. The zero-order chi connectivity index (χ0) is 52.3. The van der Waals surface area contributed by atoms with Crippen LogP contribution in [0.4, 0.5) is 11.5 Å². The number of unbranched alkanes of at least 4 members (excludes halogenated alkanes) is 5. The van der Waals surface area contributed by atoms with E-state index in [9.17, 15) is 56.3 Å². The molecule has 0 aliphatic carbocycles. The van der Waals surface area contributed by atoms with Crippen molar-refractivity contribution in [1.82, 2.24) is 24.8 Å². The van der Waals surface area contributed by atoms with Gasteiger partial charge in [-0.2, -0.15) is 8.62 Å². The fourth-order valence-corrected chi connectivity index (χ4v) is 11.3. The second-order valence-corrected chi connectivity index (χ2v) is 22.6. The molecule has 0 bridgehead atoms. The van der Waals surface area contributed by atoms with Crippen LogP contribution >= 0.6 is 23.5 Å². The molecule has 0 spiro atoms. The number of nitrogens with one attached hydrogen (secondary N) is 2. The van der Waals surface area contributed by atoms with E-state index in [0.29, 0.717) is 54.1 Å². The Morgan fingerprint density at radius 1 is 0.903 bits per heavy atom. The van der Waals surface area contributed by atoms with Crippen LogP contribution in [0.3, 0.4) is 0 Å². The topological polar surface area (TPSA) is 389 Å². The van der Waals surface area contributed by atoms with Gasteiger partial charge in [0.15, 0.2) is 35.6 Å². The van der Waals surface area contributed by atoms with Crippen LogP contribution in [-0.4, -0.2) is 125 Å². The second-order valence-electron chi connectivity index (χ2n) is 16.7. The number of phosphoric ester groups is 1. The molecule has 2 unspecified atom stereocenters. The summed E-state index contributed by atoms with van der Waals surface area (Å²) in [5, 5.41) is 28.2. The van der Waals surface area contributed by atoms with E-state index in [-0.39, 0.29) is 18.0 Å². The minimum absolute atomic E-state index is 0.00738. The van der Waals surface area contributed by atoms with E-state index in [1.807, 2.05) is 25.1 Å². The Morgan fingerprint density at radius 3 is 2.33 bits per heavy atom. The number of pyridine rings is 1. The Balaban J connectivity index is 0.849. The number of imidazole rings is 1. The molecule has 6 rings (SSSR count). The van der Waals surface area contributed by atoms with Crippen LogP contribution in [0.2, 0.25) is 0 Å². The summed E-state index contributed by atoms with van der Waals surface area (Å²) < 4.78 is 93.5. The highest BCUT2D eigenvalue weighted by molar-refractivity contribution is 7.85. The molecule has 0 saturated carbocycles. The van der Waals surface area contributed by atoms with Gasteiger partial charge in [-0.05, 0) is 50.8 Å². The SMILES string of the molecule is CCN(CCCCCC(=O)NCCCCCCNc1ncnc2c1ncn2[C@@H]1O[C@H](COP(=O)(O)OP(=O)(O)OP(=O)(O)O)[C@@H](O)[C@H]1O)c1ccc2cc(-c3cc[n+](CCCS(=O)(=O)[O-])cc3)c(=O)oc2c1. The van der Waals surface area contributed by atoms with Crippen molar-refractivity contribution in [2.75, 3.05) is 48.8 Å². The molecule has 27 nitrogen and oxygen atoms in total. The molecule has 396 valence electrons. The summed E-state index contributed by atoms with van der Waals surface area (Å²) in [6.45, 7) is 3.96. The Kier molecular flexibility index (Phi) is 19.8. The Hall–Kier alpha value is -4.60. The van der Waals surface area contributed by atoms with E-state index in [1.165, 1.54) is 17.2 Å². The standard InChI is InChI=1S/C41H57N8O19P3S/c1-2-48(30-13-12-29-23-31(41(53)66-32(29)24-30)28-14-20-47(21-15-28)18-10-22-72(61,62)63)19-9-5-6-11-34(50)42-16-7-3-4-8-17-43-38-35-39(45-26-44-38)49(27-46-35)40-37(52)36(51)33(65-40)25-64-70(57,58)68-71(59,60)67-69(54,55)56/h12-15,20-21,23-24,26-27,33,36-37,40,51-52H,2-11,16-19,22,25H2,1H3,(H6-,42,43,44,45,50,54,55,56,57,58,59,60,61,62,63)/t33-,36-,37-,40-/m1/s1. The first-order chi connectivity index (χ1) is 34.0. The number of carbonyl (C=O) groups excluding carboxylic acids is 1. The normalized spacial score (nSPS) is 19.1. The van der Waals surface area contributed by atoms with Crippen LogP contribution in [-0.2, 0) is 53.0 Å². The first kappa shape index (κ1) is 56.7. The van der Waals surface area contributed by atoms with E-state index >= 15 is 0 Å². The summed E-state index contributed by atoms with van der Waals surface area (Å²) in [5.41, 5.74) is 2.42. The van der Waals surface area contributed by atoms with Crippen molar-refractivity contribution in [2.24, 2.45) is 0 Å². The number of carbonyl (C=O) groups is 1. The van der Waals surface area contributed by atoms with Gasteiger partial charge in [0, 0.05) is 79.6 Å². The molecule has 1 fully saturated rings. The van der Waals surface area contributed by atoms with Crippen LogP contribution in [0.15, 0.2) is 70.7 Å². The maximum atomic E-state index is 13.0. The summed E-state index contributed by atoms with van der Waals surface area (Å²) in [4.78, 5) is 76.9. The van der Waals surface area contributed by atoms with Gasteiger partial charge >= 0.3 is 29.1 Å². The highest BCUT2D eigenvalue weighted by atomic mass is 32.2. The molecule has 0 radical (unpaired) electrons. The summed E-state index contributed by atoms with van der Waals surface area (Å²) >= 11 is 0. The Morgan fingerprint density at radius 2 is 1.62 bits per heavy atom. The number of aliphatic hydroxyl groups excluding tert-OH is 2. The maximum absolute atomic E-state index is 13.0. The lowest BCUT2D eigenvalue weighted by Crippen LogP contribution is -2.33. The van der Waals surface area contributed by atoms with Crippen LogP contribution < -0.4 is 25.7 Å². The molecule has 5 aromatic rings. The van der Waals surface area contributed by atoms with Crippen LogP contribution in [0, 0.1) is 0 Å². The molecule has 6 atom stereocenters. The van der Waals surface area contributed by atoms with Gasteiger partial charge in [-0.3, -0.25) is 13.9 Å². The average Bonchev–Trinajstić information content (AvgIpc) is 3.85. The molecule has 1 aliphatic heterocycles. The highest BCUT2D eigenvalue weighted by Crippen LogP contribution is 2.66. The van der Waals surface area contributed by atoms with Gasteiger partial charge in [-0.15, -0.1) is 0 Å². The van der Waals surface area contributed by atoms with Crippen molar-refractivity contribution in [1.29, 1.82) is 0 Å². The molecule has 4 aromatic heterocycles. The number of nitrogens with zero attached hydrogens (tertiary/aromatic N) is 6. The van der Waals surface area contributed by atoms with Crippen LogP contribution in [0.25, 0.3) is 33.3 Å². The lowest BCUT2D eigenvalue weighted by Gasteiger charge is -2.23. The summed E-state index contributed by atoms with van der Waals surface area (Å²) in [5.74, 6) is -0.0817. The first-order valence-electron chi connectivity index (χ1n) is 22.8. The van der Waals surface area contributed by atoms with E-state index < -0.39 is 76.1 Å². The van der Waals surface area contributed by atoms with Crippen LogP contribution in [0.1, 0.15) is 70.9 Å². The van der Waals surface area contributed by atoms with Crippen molar-refractivity contribution in [3.8, 4) is 11.1 Å². The average molecular weight is 1090 g/mol. The van der Waals surface area contributed by atoms with Crippen molar-refractivity contribution in [3.05, 3.63) is 71.9 Å². The second kappa shape index (κ2) is 25.1. The van der Waals surface area contributed by atoms with Gasteiger partial charge in [0.1, 0.15) is 36.8 Å². The van der Waals surface area contributed by atoms with Gasteiger partial charge in [0.05, 0.1) is 28.6 Å². The molecular formula is C41H57N8O19P3S. The van der Waals surface area contributed by atoms with Gasteiger partial charge in [-0.1, -0.05) is 19.3 Å². The fourth-order valence-electron chi connectivity index (χ4n) is 7.80. The molecule has 5 heterocycles. The molecule has 1 amide bonds. The van der Waals surface area contributed by atoms with E-state index in [1.54, 1.807) is 35.2 Å². The number of hydrogen-bond donors (Lipinski definition) is 8. The van der Waals surface area contributed by atoms with Crippen molar-refractivity contribution >= 4 is 73.1 Å². The third-order valence-corrected chi connectivity index (χ3v) is 15.9. The molecule has 1 aromatic carbocycles. The fraction of sp³-hybridized carbons (Fsp3) is 0.512. The quantitative estimate of drug-likeness (QED) is 0.0112. The Labute approximate surface area is 412 Å². The van der Waals surface area contributed by atoms with Gasteiger partial charge in [0.25, 0.3) is 0 Å². The number of hydrogen-bond acceptors (Lipinski definition) is 20. The monoisotopic (exact) mass is 1090 g/mol. The zero-order valence-electron chi connectivity index (χ0n) is 38.8. The molecule has 1 aliphatic rings. The van der Waals surface area contributed by atoms with Crippen LogP contribution in [0.5, 0.6) is 0 Å². The van der Waals surface area contributed by atoms with E-state index in [2.05, 4.69) is 43.6 Å². The van der Waals surface area contributed by atoms with Gasteiger partial charge in [-0.25, -0.2) is 46.4 Å². The minimum atomic E-state index is -5.77. The van der Waals surface area contributed by atoms with Gasteiger partial charge < -0.3 is 59.0 Å². The number of amides is 1. The predicted octanol–water partition coefficient (Wildman–Crippen LogP) is 2.96. The minimum Gasteiger partial charge on any atom is -0.748 e. The molecule has 1 saturated heterocycles. The number of rotatable bonds is 29. The zero-order valence-corrected chi connectivity index (χ0v) is 42.3. The van der Waals surface area contributed by atoms with Gasteiger partial charge in [0.2, 0.25) is 5.91 Å². The number of fused-ring (bicyclic) bond motifs is 2. The Bertz CT molecular complexity index is 2960. The number of benzene rings is 1. The third kappa shape index (κ3) is 16.7. The smallest absolute Gasteiger partial charge is 0.490 e. The van der Waals surface area contributed by atoms with E-state index in [0.717, 1.165) is 69.1 Å². The largest absolute Gasteiger partial charge is 0.748 e. The van der Waals surface area contributed by atoms with Crippen molar-refractivity contribution in [3.63, 3.8) is 0 Å². The molecule has 8 N–H and O–H groups in total. The number of anilines is 2. The summed E-state index contributed by atoms with van der Waals surface area (Å²) in [6, 6.07) is 11.0. The maximum Gasteiger partial charge on any atom is 0.490 e. The highest BCUT2D eigenvalue weighted by Gasteiger charge is 2.47. The number of aryl methyl sites for hydroxylation is 1. The number of phosphoric acid groups is 3. The van der Waals surface area contributed by atoms with Crippen molar-refractivity contribution < 1.29 is 88.1 Å². The first-order valence-corrected chi connectivity index (χ1v) is 28.9. The molecular weight excluding hydrogens is 1030 g/mol. The summed E-state index contributed by atoms with van der Waals surface area (Å²) in [6.07, 6.45) is 6.05. The van der Waals surface area contributed by atoms with E-state index in [4.69, 9.17) is 18.9 Å². The number of ether oxygens (including phenoxy) is 1. The third-order valence-electron chi connectivity index (χ3n) is 11.3. The predicted molar refractivity (Wildman–Crippen MR) is 255 cm³/mol.